The van der Waals surface area contributed by atoms with E-state index in [0.29, 0.717) is 16.1 Å². The largest absolute Gasteiger partial charge is 0.356 e. The molecular formula is C24H19BrClFN2O5S. The SMILES string of the molecule is O=C(NS(=O)(=O)c1ccccc1Br)[C@@H]1OCC(=O)N(Cc2cccc(F)c2)[C@@H]1c1ccc(Cl)cc1. The molecule has 0 spiro atoms. The Balaban J connectivity index is 1.70. The molecule has 3 aromatic rings. The van der Waals surface area contributed by atoms with Gasteiger partial charge in [-0.25, -0.2) is 17.5 Å². The second-order valence-corrected chi connectivity index (χ2v) is 10.7. The third kappa shape index (κ3) is 5.72. The Hall–Kier alpha value is -2.79. The number of rotatable bonds is 6. The molecule has 0 saturated carbocycles. The van der Waals surface area contributed by atoms with Gasteiger partial charge in [0, 0.05) is 16.0 Å². The number of amides is 2. The highest BCUT2D eigenvalue weighted by Crippen LogP contribution is 2.33. The Morgan fingerprint density at radius 3 is 2.51 bits per heavy atom. The Bertz CT molecular complexity index is 1370. The van der Waals surface area contributed by atoms with Crippen molar-refractivity contribution in [1.82, 2.24) is 9.62 Å². The van der Waals surface area contributed by atoms with Crippen LogP contribution in [0.5, 0.6) is 0 Å². The smallest absolute Gasteiger partial charge is 0.265 e. The first-order valence-corrected chi connectivity index (χ1v) is 13.0. The summed E-state index contributed by atoms with van der Waals surface area (Å²) >= 11 is 9.19. The van der Waals surface area contributed by atoms with Crippen molar-refractivity contribution in [1.29, 1.82) is 0 Å². The van der Waals surface area contributed by atoms with Crippen LogP contribution in [-0.2, 0) is 30.9 Å². The van der Waals surface area contributed by atoms with Crippen LogP contribution in [0.25, 0.3) is 0 Å². The molecule has 3 aromatic carbocycles. The fraction of sp³-hybridized carbons (Fsp3) is 0.167. The van der Waals surface area contributed by atoms with Crippen molar-refractivity contribution < 1.29 is 27.1 Å². The van der Waals surface area contributed by atoms with Crippen LogP contribution in [0.4, 0.5) is 4.39 Å². The van der Waals surface area contributed by atoms with Crippen LogP contribution in [0, 0.1) is 5.82 Å². The van der Waals surface area contributed by atoms with Gasteiger partial charge in [-0.3, -0.25) is 9.59 Å². The third-order valence-electron chi connectivity index (χ3n) is 5.40. The topological polar surface area (TPSA) is 92.8 Å². The molecular weight excluding hydrogens is 563 g/mol. The van der Waals surface area contributed by atoms with Crippen molar-refractivity contribution in [2.75, 3.05) is 6.61 Å². The first-order valence-electron chi connectivity index (χ1n) is 10.4. The minimum atomic E-state index is -4.25. The second-order valence-electron chi connectivity index (χ2n) is 7.78. The highest BCUT2D eigenvalue weighted by atomic mass is 79.9. The second kappa shape index (κ2) is 10.4. The maximum Gasteiger partial charge on any atom is 0.265 e. The average Bonchev–Trinajstić information content (AvgIpc) is 2.81. The third-order valence-corrected chi connectivity index (χ3v) is 8.01. The summed E-state index contributed by atoms with van der Waals surface area (Å²) in [5, 5.41) is 0.436. The van der Waals surface area contributed by atoms with E-state index in [-0.39, 0.29) is 15.9 Å². The molecule has 1 saturated heterocycles. The van der Waals surface area contributed by atoms with Crippen molar-refractivity contribution in [3.8, 4) is 0 Å². The quantitative estimate of drug-likeness (QED) is 0.471. The van der Waals surface area contributed by atoms with Gasteiger partial charge in [-0.2, -0.15) is 0 Å². The molecule has 1 aliphatic heterocycles. The Morgan fingerprint density at radius 2 is 1.83 bits per heavy atom. The lowest BCUT2D eigenvalue weighted by atomic mass is 9.96. The zero-order valence-electron chi connectivity index (χ0n) is 18.0. The number of hydrogen-bond acceptors (Lipinski definition) is 5. The summed E-state index contributed by atoms with van der Waals surface area (Å²) in [7, 11) is -4.25. The molecule has 0 radical (unpaired) electrons. The molecule has 0 aromatic heterocycles. The fourth-order valence-electron chi connectivity index (χ4n) is 3.81. The van der Waals surface area contributed by atoms with Gasteiger partial charge >= 0.3 is 0 Å². The molecule has 0 aliphatic carbocycles. The molecule has 0 unspecified atom stereocenters. The maximum absolute atomic E-state index is 13.8. The van der Waals surface area contributed by atoms with E-state index >= 15 is 0 Å². The Kier molecular flexibility index (Phi) is 7.56. The zero-order valence-corrected chi connectivity index (χ0v) is 21.2. The van der Waals surface area contributed by atoms with Crippen LogP contribution in [0.3, 0.4) is 0 Å². The van der Waals surface area contributed by atoms with E-state index in [9.17, 15) is 22.4 Å². The number of hydrogen-bond donors (Lipinski definition) is 1. The molecule has 1 heterocycles. The number of halogens is 3. The van der Waals surface area contributed by atoms with Gasteiger partial charge in [-0.05, 0) is 63.5 Å². The van der Waals surface area contributed by atoms with Crippen molar-refractivity contribution in [3.63, 3.8) is 0 Å². The average molecular weight is 582 g/mol. The van der Waals surface area contributed by atoms with Gasteiger partial charge in [-0.1, -0.05) is 48.0 Å². The molecule has 35 heavy (non-hydrogen) atoms. The Morgan fingerprint density at radius 1 is 1.11 bits per heavy atom. The lowest BCUT2D eigenvalue weighted by Crippen LogP contribution is -2.54. The molecule has 0 bridgehead atoms. The summed E-state index contributed by atoms with van der Waals surface area (Å²) in [6, 6.07) is 17.2. The molecule has 2 atom stereocenters. The normalized spacial score (nSPS) is 18.4. The van der Waals surface area contributed by atoms with E-state index in [4.69, 9.17) is 16.3 Å². The minimum Gasteiger partial charge on any atom is -0.356 e. The molecule has 1 aliphatic rings. The van der Waals surface area contributed by atoms with Crippen LogP contribution in [-0.4, -0.2) is 37.8 Å². The molecule has 11 heteroatoms. The van der Waals surface area contributed by atoms with Crippen molar-refractivity contribution in [3.05, 3.63) is 99.2 Å². The summed E-state index contributed by atoms with van der Waals surface area (Å²) in [5.74, 6) is -1.86. The van der Waals surface area contributed by atoms with Crippen molar-refractivity contribution in [2.45, 2.75) is 23.6 Å². The van der Waals surface area contributed by atoms with Crippen LogP contribution in [0.1, 0.15) is 17.2 Å². The van der Waals surface area contributed by atoms with E-state index in [1.54, 1.807) is 36.4 Å². The van der Waals surface area contributed by atoms with Crippen molar-refractivity contribution >= 4 is 49.4 Å². The summed E-state index contributed by atoms with van der Waals surface area (Å²) in [6.45, 7) is -0.472. The standard InChI is InChI=1S/C24H19BrClFN2O5S/c25-19-6-1-2-7-20(19)35(32,33)28-24(31)23-22(16-8-10-17(26)11-9-16)29(21(30)14-34-23)13-15-4-3-5-18(27)12-15/h1-12,22-23H,13-14H2,(H,28,31)/t22-,23-/m1/s1. The maximum atomic E-state index is 13.8. The number of nitrogens with one attached hydrogen (secondary N) is 1. The van der Waals surface area contributed by atoms with E-state index in [2.05, 4.69) is 20.7 Å². The van der Waals surface area contributed by atoms with Crippen LogP contribution < -0.4 is 4.72 Å². The number of carbonyl (C=O) groups excluding carboxylic acids is 2. The van der Waals surface area contributed by atoms with E-state index in [0.717, 1.165) is 0 Å². The van der Waals surface area contributed by atoms with E-state index < -0.39 is 46.4 Å². The van der Waals surface area contributed by atoms with Crippen LogP contribution >= 0.6 is 27.5 Å². The summed E-state index contributed by atoms with van der Waals surface area (Å²) in [6.07, 6.45) is -1.36. The monoisotopic (exact) mass is 580 g/mol. The predicted molar refractivity (Wildman–Crippen MR) is 130 cm³/mol. The highest BCUT2D eigenvalue weighted by Gasteiger charge is 2.43. The number of benzene rings is 3. The van der Waals surface area contributed by atoms with Gasteiger partial charge in [0.2, 0.25) is 5.91 Å². The van der Waals surface area contributed by atoms with Gasteiger partial charge in [0.1, 0.15) is 17.3 Å². The number of carbonyl (C=O) groups is 2. The number of nitrogens with zero attached hydrogens (tertiary/aromatic N) is 1. The first-order chi connectivity index (χ1) is 16.7. The number of ether oxygens (including phenoxy) is 1. The van der Waals surface area contributed by atoms with Gasteiger partial charge in [0.05, 0.1) is 6.04 Å². The Labute approximate surface area is 215 Å². The molecule has 4 rings (SSSR count). The lowest BCUT2D eigenvalue weighted by molar-refractivity contribution is -0.164. The number of sulfonamides is 1. The van der Waals surface area contributed by atoms with Gasteiger partial charge in [0.25, 0.3) is 15.9 Å². The minimum absolute atomic E-state index is 0.0198. The molecule has 2 amide bonds. The van der Waals surface area contributed by atoms with Gasteiger partial charge in [0.15, 0.2) is 6.10 Å². The lowest BCUT2D eigenvalue weighted by Gasteiger charge is -2.40. The van der Waals surface area contributed by atoms with Crippen LogP contribution in [0.15, 0.2) is 82.2 Å². The predicted octanol–water partition coefficient (Wildman–Crippen LogP) is 4.22. The van der Waals surface area contributed by atoms with Crippen LogP contribution in [0.2, 0.25) is 5.02 Å². The van der Waals surface area contributed by atoms with Gasteiger partial charge < -0.3 is 9.64 Å². The molecule has 1 N–H and O–H groups in total. The van der Waals surface area contributed by atoms with Gasteiger partial charge in [-0.15, -0.1) is 0 Å². The van der Waals surface area contributed by atoms with Crippen molar-refractivity contribution in [2.24, 2.45) is 0 Å². The molecule has 1 fully saturated rings. The number of morpholine rings is 1. The molecule has 182 valence electrons. The first kappa shape index (κ1) is 25.3. The summed E-state index contributed by atoms with van der Waals surface area (Å²) in [5.41, 5.74) is 0.997. The fourth-order valence-corrected chi connectivity index (χ4v) is 5.94. The summed E-state index contributed by atoms with van der Waals surface area (Å²) in [4.78, 5) is 27.4. The van der Waals surface area contributed by atoms with E-state index in [1.807, 2.05) is 0 Å². The zero-order chi connectivity index (χ0) is 25.2. The molecule has 7 nitrogen and oxygen atoms in total. The highest BCUT2D eigenvalue weighted by molar-refractivity contribution is 9.10. The summed E-state index contributed by atoms with van der Waals surface area (Å²) < 4.78 is 47.5. The van der Waals surface area contributed by atoms with E-state index in [1.165, 1.54) is 41.3 Å².